The lowest BCUT2D eigenvalue weighted by molar-refractivity contribution is 0.0698. The molecule has 2 aromatic rings. The second-order valence-corrected chi connectivity index (χ2v) is 5.44. The number of carbonyl (C=O) groups is 1. The molecule has 0 saturated carbocycles. The monoisotopic (exact) mass is 273 g/mol. The molecular formula is C15H19N3O2. The van der Waals surface area contributed by atoms with Gasteiger partial charge in [0, 0.05) is 18.9 Å². The van der Waals surface area contributed by atoms with Gasteiger partial charge in [0.1, 0.15) is 5.56 Å². The van der Waals surface area contributed by atoms with Crippen LogP contribution in [-0.2, 0) is 6.42 Å². The second-order valence-electron chi connectivity index (χ2n) is 5.44. The average Bonchev–Trinajstić information content (AvgIpc) is 3.03. The van der Waals surface area contributed by atoms with Gasteiger partial charge in [-0.1, -0.05) is 6.92 Å². The van der Waals surface area contributed by atoms with Crippen molar-refractivity contribution in [3.8, 4) is 0 Å². The van der Waals surface area contributed by atoms with Gasteiger partial charge in [0.2, 0.25) is 0 Å². The van der Waals surface area contributed by atoms with Crippen LogP contribution in [0.4, 0.5) is 0 Å². The third-order valence-corrected chi connectivity index (χ3v) is 4.08. The van der Waals surface area contributed by atoms with Crippen LogP contribution in [-0.4, -0.2) is 45.0 Å². The molecule has 1 aliphatic heterocycles. The van der Waals surface area contributed by atoms with E-state index in [1.54, 1.807) is 12.1 Å². The quantitative estimate of drug-likeness (QED) is 0.924. The molecule has 1 N–H and O–H groups in total. The van der Waals surface area contributed by atoms with E-state index in [-0.39, 0.29) is 5.56 Å². The molecule has 0 radical (unpaired) electrons. The minimum absolute atomic E-state index is 0.264. The van der Waals surface area contributed by atoms with Crippen LogP contribution in [0.1, 0.15) is 29.4 Å². The van der Waals surface area contributed by atoms with Gasteiger partial charge in [-0.15, -0.1) is 0 Å². The van der Waals surface area contributed by atoms with Crippen molar-refractivity contribution in [3.05, 3.63) is 35.8 Å². The van der Waals surface area contributed by atoms with Crippen LogP contribution in [0.3, 0.4) is 0 Å². The maximum atomic E-state index is 11.2. The number of imidazole rings is 1. The summed E-state index contributed by atoms with van der Waals surface area (Å²) in [5, 5.41) is 9.18. The van der Waals surface area contributed by atoms with E-state index in [4.69, 9.17) is 0 Å². The summed E-state index contributed by atoms with van der Waals surface area (Å²) in [5.41, 5.74) is 1.79. The van der Waals surface area contributed by atoms with E-state index in [1.165, 1.54) is 6.42 Å². The van der Waals surface area contributed by atoms with E-state index in [2.05, 4.69) is 16.8 Å². The number of rotatable bonds is 4. The molecule has 5 heteroatoms. The summed E-state index contributed by atoms with van der Waals surface area (Å²) >= 11 is 0. The van der Waals surface area contributed by atoms with Crippen LogP contribution in [0.2, 0.25) is 0 Å². The van der Waals surface area contributed by atoms with Gasteiger partial charge < -0.3 is 14.4 Å². The highest BCUT2D eigenvalue weighted by molar-refractivity contribution is 5.94. The normalized spacial score (nSPS) is 19.8. The molecule has 2 aromatic heterocycles. The standard InChI is InChI=1S/C15H19N3O2/c1-2-17-7-5-11(9-17)8-12-10-18-6-3-4-13(15(19)20)14(18)16-12/h3-4,6,10-11H,2,5,7-9H2,1H3,(H,19,20). The predicted molar refractivity (Wildman–Crippen MR) is 76.1 cm³/mol. The van der Waals surface area contributed by atoms with E-state index in [0.29, 0.717) is 11.6 Å². The van der Waals surface area contributed by atoms with Crippen molar-refractivity contribution in [3.63, 3.8) is 0 Å². The number of aromatic nitrogens is 2. The van der Waals surface area contributed by atoms with Gasteiger partial charge in [-0.2, -0.15) is 0 Å². The van der Waals surface area contributed by atoms with Crippen LogP contribution < -0.4 is 0 Å². The zero-order chi connectivity index (χ0) is 14.1. The summed E-state index contributed by atoms with van der Waals surface area (Å²) in [4.78, 5) is 18.2. The van der Waals surface area contributed by atoms with Crippen molar-refractivity contribution in [1.29, 1.82) is 0 Å². The summed E-state index contributed by atoms with van der Waals surface area (Å²) < 4.78 is 1.81. The molecular weight excluding hydrogens is 254 g/mol. The highest BCUT2D eigenvalue weighted by Gasteiger charge is 2.22. The molecule has 0 spiro atoms. The molecule has 0 aromatic carbocycles. The number of hydrogen-bond donors (Lipinski definition) is 1. The minimum Gasteiger partial charge on any atom is -0.478 e. The van der Waals surface area contributed by atoms with E-state index in [1.807, 2.05) is 16.8 Å². The van der Waals surface area contributed by atoms with E-state index in [0.717, 1.165) is 31.7 Å². The summed E-state index contributed by atoms with van der Waals surface area (Å²) in [6.45, 7) is 5.57. The molecule has 1 unspecified atom stereocenters. The number of likely N-dealkylation sites (tertiary alicyclic amines) is 1. The first kappa shape index (κ1) is 13.1. The van der Waals surface area contributed by atoms with Crippen LogP contribution in [0, 0.1) is 5.92 Å². The third-order valence-electron chi connectivity index (χ3n) is 4.08. The summed E-state index contributed by atoms with van der Waals surface area (Å²) in [6.07, 6.45) is 5.94. The first-order valence-electron chi connectivity index (χ1n) is 7.09. The smallest absolute Gasteiger partial charge is 0.339 e. The van der Waals surface area contributed by atoms with Crippen molar-refractivity contribution < 1.29 is 9.90 Å². The van der Waals surface area contributed by atoms with Crippen molar-refractivity contribution in [2.24, 2.45) is 5.92 Å². The molecule has 1 fully saturated rings. The molecule has 0 amide bonds. The Morgan fingerprint density at radius 1 is 1.55 bits per heavy atom. The van der Waals surface area contributed by atoms with Crippen LogP contribution in [0.25, 0.3) is 5.65 Å². The lowest BCUT2D eigenvalue weighted by Gasteiger charge is -2.11. The lowest BCUT2D eigenvalue weighted by atomic mass is 10.0. The minimum atomic E-state index is -0.925. The zero-order valence-electron chi connectivity index (χ0n) is 11.6. The van der Waals surface area contributed by atoms with Crippen LogP contribution in [0.5, 0.6) is 0 Å². The third kappa shape index (κ3) is 2.41. The number of nitrogens with zero attached hydrogens (tertiary/aromatic N) is 3. The van der Waals surface area contributed by atoms with Crippen LogP contribution in [0.15, 0.2) is 24.5 Å². The van der Waals surface area contributed by atoms with Gasteiger partial charge in [0.25, 0.3) is 0 Å². The topological polar surface area (TPSA) is 57.8 Å². The fraction of sp³-hybridized carbons (Fsp3) is 0.467. The van der Waals surface area contributed by atoms with Gasteiger partial charge in [-0.05, 0) is 44.0 Å². The molecule has 1 atom stereocenters. The first-order valence-corrected chi connectivity index (χ1v) is 7.09. The molecule has 3 rings (SSSR count). The number of aromatic carboxylic acids is 1. The van der Waals surface area contributed by atoms with Crippen molar-refractivity contribution in [2.45, 2.75) is 19.8 Å². The number of carboxylic acids is 1. The predicted octanol–water partition coefficient (Wildman–Crippen LogP) is 1.92. The van der Waals surface area contributed by atoms with E-state index >= 15 is 0 Å². The molecule has 106 valence electrons. The fourth-order valence-corrected chi connectivity index (χ4v) is 2.99. The highest BCUT2D eigenvalue weighted by atomic mass is 16.4. The molecule has 3 heterocycles. The summed E-state index contributed by atoms with van der Waals surface area (Å²) in [5.74, 6) is -0.293. The average molecular weight is 273 g/mol. The molecule has 0 bridgehead atoms. The number of carboxylic acid groups (broad SMARTS) is 1. The Hall–Kier alpha value is -1.88. The van der Waals surface area contributed by atoms with E-state index in [9.17, 15) is 9.90 Å². The second kappa shape index (κ2) is 5.25. The van der Waals surface area contributed by atoms with Gasteiger partial charge in [-0.25, -0.2) is 9.78 Å². The van der Waals surface area contributed by atoms with Crippen LogP contribution >= 0.6 is 0 Å². The Morgan fingerprint density at radius 2 is 2.40 bits per heavy atom. The van der Waals surface area contributed by atoms with Gasteiger partial charge >= 0.3 is 5.97 Å². The lowest BCUT2D eigenvalue weighted by Crippen LogP contribution is -2.20. The van der Waals surface area contributed by atoms with Crippen molar-refractivity contribution in [2.75, 3.05) is 19.6 Å². The number of pyridine rings is 1. The maximum Gasteiger partial charge on any atom is 0.339 e. The van der Waals surface area contributed by atoms with E-state index < -0.39 is 5.97 Å². The van der Waals surface area contributed by atoms with Gasteiger partial charge in [0.15, 0.2) is 5.65 Å². The Bertz CT molecular complexity index is 635. The first-order chi connectivity index (χ1) is 9.67. The van der Waals surface area contributed by atoms with Crippen molar-refractivity contribution >= 4 is 11.6 Å². The molecule has 1 aliphatic rings. The molecule has 20 heavy (non-hydrogen) atoms. The molecule has 0 aliphatic carbocycles. The molecule has 1 saturated heterocycles. The highest BCUT2D eigenvalue weighted by Crippen LogP contribution is 2.21. The largest absolute Gasteiger partial charge is 0.478 e. The fourth-order valence-electron chi connectivity index (χ4n) is 2.99. The summed E-state index contributed by atoms with van der Waals surface area (Å²) in [6, 6.07) is 3.35. The van der Waals surface area contributed by atoms with Gasteiger partial charge in [-0.3, -0.25) is 0 Å². The Morgan fingerprint density at radius 3 is 3.10 bits per heavy atom. The molecule has 5 nitrogen and oxygen atoms in total. The maximum absolute atomic E-state index is 11.2. The zero-order valence-corrected chi connectivity index (χ0v) is 11.6. The Balaban J connectivity index is 1.83. The Labute approximate surface area is 117 Å². The summed E-state index contributed by atoms with van der Waals surface area (Å²) in [7, 11) is 0. The number of hydrogen-bond acceptors (Lipinski definition) is 3. The van der Waals surface area contributed by atoms with Crippen molar-refractivity contribution in [1.82, 2.24) is 14.3 Å². The van der Waals surface area contributed by atoms with Gasteiger partial charge in [0.05, 0.1) is 5.69 Å². The Kier molecular flexibility index (Phi) is 3.44. The number of fused-ring (bicyclic) bond motifs is 1. The SMILES string of the molecule is CCN1CCC(Cc2cn3cccc(C(=O)O)c3n2)C1.